The summed E-state index contributed by atoms with van der Waals surface area (Å²) in [7, 11) is 0. The molecule has 0 fully saturated rings. The summed E-state index contributed by atoms with van der Waals surface area (Å²) in [5.74, 6) is 0.350. The van der Waals surface area contributed by atoms with E-state index in [0.29, 0.717) is 11.8 Å². The number of phenols is 1. The number of unbranched alkanes of at least 4 members (excludes halogenated alkanes) is 2. The number of aryl methyl sites for hydroxylation is 1. The third kappa shape index (κ3) is 4.52. The molecular weight excluding hydrogens is 258 g/mol. The molecule has 2 heteroatoms. The maximum atomic E-state index is 9.64. The van der Waals surface area contributed by atoms with Crippen molar-refractivity contribution in [3.05, 3.63) is 59.7 Å². The zero-order valence-electron chi connectivity index (χ0n) is 13.0. The van der Waals surface area contributed by atoms with E-state index < -0.39 is 0 Å². The van der Waals surface area contributed by atoms with E-state index in [0.717, 1.165) is 17.7 Å². The molecule has 2 rings (SSSR count). The maximum absolute atomic E-state index is 9.64. The van der Waals surface area contributed by atoms with Crippen LogP contribution in [0.4, 0.5) is 5.69 Å². The Labute approximate surface area is 127 Å². The lowest BCUT2D eigenvalue weighted by Crippen LogP contribution is -2.11. The molecule has 0 spiro atoms. The molecule has 2 aromatic carbocycles. The lowest BCUT2D eigenvalue weighted by molar-refractivity contribution is 0.471. The second-order valence-electron chi connectivity index (χ2n) is 5.60. The van der Waals surface area contributed by atoms with Gasteiger partial charge in [0.2, 0.25) is 0 Å². The second kappa shape index (κ2) is 7.72. The molecule has 2 nitrogen and oxygen atoms in total. The largest absolute Gasteiger partial charge is 0.508 e. The van der Waals surface area contributed by atoms with Crippen LogP contribution in [-0.4, -0.2) is 5.11 Å². The molecule has 0 aliphatic heterocycles. The van der Waals surface area contributed by atoms with E-state index in [1.165, 1.54) is 24.8 Å². The molecule has 2 aromatic rings. The van der Waals surface area contributed by atoms with Gasteiger partial charge in [-0.2, -0.15) is 0 Å². The van der Waals surface area contributed by atoms with Crippen molar-refractivity contribution >= 4 is 5.69 Å². The Morgan fingerprint density at radius 1 is 1.05 bits per heavy atom. The molecule has 0 aromatic heterocycles. The minimum Gasteiger partial charge on any atom is -0.508 e. The molecular formula is C19H25NO. The van der Waals surface area contributed by atoms with Gasteiger partial charge in [0.25, 0.3) is 0 Å². The zero-order chi connectivity index (χ0) is 15.1. The minimum atomic E-state index is 0.321. The molecule has 1 unspecified atom stereocenters. The monoisotopic (exact) mass is 283 g/mol. The number of rotatable bonds is 7. The van der Waals surface area contributed by atoms with Crippen LogP contribution in [0.1, 0.15) is 49.8 Å². The van der Waals surface area contributed by atoms with Crippen molar-refractivity contribution in [3.8, 4) is 5.75 Å². The van der Waals surface area contributed by atoms with Gasteiger partial charge in [-0.15, -0.1) is 0 Å². The SMILES string of the molecule is CCCCCC(Nc1ccc(O)c(C)c1)c1ccccc1. The number of hydrogen-bond acceptors (Lipinski definition) is 2. The summed E-state index contributed by atoms with van der Waals surface area (Å²) in [4.78, 5) is 0. The normalized spacial score (nSPS) is 12.1. The Bertz CT molecular complexity index is 551. The minimum absolute atomic E-state index is 0.321. The van der Waals surface area contributed by atoms with Gasteiger partial charge in [0, 0.05) is 5.69 Å². The summed E-state index contributed by atoms with van der Waals surface area (Å²) in [5, 5.41) is 13.3. The molecule has 0 aliphatic carbocycles. The quantitative estimate of drug-likeness (QED) is 0.524. The van der Waals surface area contributed by atoms with Gasteiger partial charge >= 0.3 is 0 Å². The topological polar surface area (TPSA) is 32.3 Å². The fourth-order valence-electron chi connectivity index (χ4n) is 2.55. The molecule has 0 saturated carbocycles. The first-order valence-electron chi connectivity index (χ1n) is 7.82. The van der Waals surface area contributed by atoms with Gasteiger partial charge in [-0.25, -0.2) is 0 Å². The summed E-state index contributed by atoms with van der Waals surface area (Å²) in [5.41, 5.74) is 3.29. The first-order valence-corrected chi connectivity index (χ1v) is 7.82. The van der Waals surface area contributed by atoms with Crippen molar-refractivity contribution in [2.24, 2.45) is 0 Å². The van der Waals surface area contributed by atoms with Crippen molar-refractivity contribution in [1.29, 1.82) is 0 Å². The summed E-state index contributed by atoms with van der Waals surface area (Å²) >= 11 is 0. The Morgan fingerprint density at radius 2 is 1.81 bits per heavy atom. The number of benzene rings is 2. The molecule has 112 valence electrons. The average Bonchev–Trinajstić information content (AvgIpc) is 2.51. The van der Waals surface area contributed by atoms with Gasteiger partial charge in [-0.05, 0) is 42.7 Å². The van der Waals surface area contributed by atoms with Gasteiger partial charge in [0.1, 0.15) is 5.75 Å². The maximum Gasteiger partial charge on any atom is 0.118 e. The van der Waals surface area contributed by atoms with E-state index >= 15 is 0 Å². The van der Waals surface area contributed by atoms with Crippen LogP contribution in [0.3, 0.4) is 0 Å². The lowest BCUT2D eigenvalue weighted by atomic mass is 10.00. The molecule has 0 heterocycles. The fraction of sp³-hybridized carbons (Fsp3) is 0.368. The average molecular weight is 283 g/mol. The Hall–Kier alpha value is -1.96. The standard InChI is InChI=1S/C19H25NO/c1-3-4-6-11-18(16-9-7-5-8-10-16)20-17-12-13-19(21)15(2)14-17/h5,7-10,12-14,18,20-21H,3-4,6,11H2,1-2H3. The Balaban J connectivity index is 2.13. The molecule has 0 bridgehead atoms. The van der Waals surface area contributed by atoms with E-state index in [-0.39, 0.29) is 0 Å². The zero-order valence-corrected chi connectivity index (χ0v) is 13.0. The van der Waals surface area contributed by atoms with Gasteiger partial charge in [0.15, 0.2) is 0 Å². The van der Waals surface area contributed by atoms with Crippen LogP contribution in [0.25, 0.3) is 0 Å². The number of phenolic OH excluding ortho intramolecular Hbond substituents is 1. The number of hydrogen-bond donors (Lipinski definition) is 2. The molecule has 2 N–H and O–H groups in total. The number of nitrogens with one attached hydrogen (secondary N) is 1. The first-order chi connectivity index (χ1) is 10.2. The second-order valence-corrected chi connectivity index (χ2v) is 5.60. The number of aromatic hydroxyl groups is 1. The van der Waals surface area contributed by atoms with E-state index in [9.17, 15) is 5.11 Å². The predicted octanol–water partition coefficient (Wildman–Crippen LogP) is 5.43. The third-order valence-corrected chi connectivity index (χ3v) is 3.84. The van der Waals surface area contributed by atoms with E-state index in [1.54, 1.807) is 6.07 Å². The van der Waals surface area contributed by atoms with E-state index in [4.69, 9.17) is 0 Å². The van der Waals surface area contributed by atoms with Crippen molar-refractivity contribution in [2.45, 2.75) is 45.6 Å². The van der Waals surface area contributed by atoms with Gasteiger partial charge in [-0.3, -0.25) is 0 Å². The molecule has 0 aliphatic rings. The summed E-state index contributed by atoms with van der Waals surface area (Å²) in [6.07, 6.45) is 4.84. The molecule has 0 saturated heterocycles. The van der Waals surface area contributed by atoms with Gasteiger partial charge in [-0.1, -0.05) is 56.5 Å². The van der Waals surface area contributed by atoms with Crippen LogP contribution in [0.15, 0.2) is 48.5 Å². The van der Waals surface area contributed by atoms with E-state index in [1.807, 2.05) is 19.1 Å². The Morgan fingerprint density at radius 3 is 2.48 bits per heavy atom. The fourth-order valence-corrected chi connectivity index (χ4v) is 2.55. The Kier molecular flexibility index (Phi) is 5.68. The van der Waals surface area contributed by atoms with E-state index in [2.05, 4.69) is 42.6 Å². The van der Waals surface area contributed by atoms with Crippen molar-refractivity contribution in [3.63, 3.8) is 0 Å². The molecule has 0 radical (unpaired) electrons. The van der Waals surface area contributed by atoms with Crippen LogP contribution in [-0.2, 0) is 0 Å². The van der Waals surface area contributed by atoms with Gasteiger partial charge in [0.05, 0.1) is 6.04 Å². The highest BCUT2D eigenvalue weighted by molar-refractivity contribution is 5.51. The van der Waals surface area contributed by atoms with Crippen molar-refractivity contribution < 1.29 is 5.11 Å². The molecule has 1 atom stereocenters. The van der Waals surface area contributed by atoms with Crippen LogP contribution in [0.5, 0.6) is 5.75 Å². The van der Waals surface area contributed by atoms with Crippen LogP contribution in [0.2, 0.25) is 0 Å². The highest BCUT2D eigenvalue weighted by atomic mass is 16.3. The highest BCUT2D eigenvalue weighted by Crippen LogP contribution is 2.27. The highest BCUT2D eigenvalue weighted by Gasteiger charge is 2.11. The smallest absolute Gasteiger partial charge is 0.118 e. The van der Waals surface area contributed by atoms with Crippen molar-refractivity contribution in [2.75, 3.05) is 5.32 Å². The first kappa shape index (κ1) is 15.4. The number of anilines is 1. The van der Waals surface area contributed by atoms with Gasteiger partial charge < -0.3 is 10.4 Å². The molecule has 21 heavy (non-hydrogen) atoms. The summed E-state index contributed by atoms with van der Waals surface area (Å²) in [6, 6.07) is 16.6. The van der Waals surface area contributed by atoms with Crippen molar-refractivity contribution in [1.82, 2.24) is 0 Å². The third-order valence-electron chi connectivity index (χ3n) is 3.84. The molecule has 0 amide bonds. The summed E-state index contributed by atoms with van der Waals surface area (Å²) < 4.78 is 0. The van der Waals surface area contributed by atoms with Crippen LogP contribution < -0.4 is 5.32 Å². The summed E-state index contributed by atoms with van der Waals surface area (Å²) in [6.45, 7) is 4.16. The van der Waals surface area contributed by atoms with Crippen LogP contribution in [0, 0.1) is 6.92 Å². The van der Waals surface area contributed by atoms with Crippen LogP contribution >= 0.6 is 0 Å². The lowest BCUT2D eigenvalue weighted by Gasteiger charge is -2.21. The predicted molar refractivity (Wildman–Crippen MR) is 89.8 cm³/mol.